The number of nitrogens with zero attached hydrogens (tertiary/aromatic N) is 2. The van der Waals surface area contributed by atoms with E-state index >= 15 is 0 Å². The Morgan fingerprint density at radius 3 is 2.78 bits per heavy atom. The Balaban J connectivity index is 1.87. The van der Waals surface area contributed by atoms with Crippen LogP contribution >= 0.6 is 11.3 Å². The fourth-order valence-electron chi connectivity index (χ4n) is 3.08. The van der Waals surface area contributed by atoms with Gasteiger partial charge in [-0.05, 0) is 25.7 Å². The Hall–Kier alpha value is -1.43. The van der Waals surface area contributed by atoms with Crippen molar-refractivity contribution in [1.29, 1.82) is 0 Å². The summed E-state index contributed by atoms with van der Waals surface area (Å²) in [5, 5.41) is 5.15. The number of thiazole rings is 1. The van der Waals surface area contributed by atoms with E-state index in [0.29, 0.717) is 17.5 Å². The van der Waals surface area contributed by atoms with Gasteiger partial charge in [0, 0.05) is 24.0 Å². The highest BCUT2D eigenvalue weighted by Gasteiger charge is 2.24. The average Bonchev–Trinajstić information content (AvgIpc) is 3.23. The zero-order valence-corrected chi connectivity index (χ0v) is 14.9. The van der Waals surface area contributed by atoms with Crippen LogP contribution in [-0.2, 0) is 9.59 Å². The number of hydrogen-bond donors (Lipinski definition) is 1. The summed E-state index contributed by atoms with van der Waals surface area (Å²) in [7, 11) is 0. The minimum Gasteiger partial charge on any atom is -0.331 e. The van der Waals surface area contributed by atoms with Crippen molar-refractivity contribution in [3.8, 4) is 0 Å². The van der Waals surface area contributed by atoms with Crippen LogP contribution in [0.2, 0.25) is 0 Å². The quantitative estimate of drug-likeness (QED) is 0.787. The molecule has 0 radical (unpaired) electrons. The van der Waals surface area contributed by atoms with Gasteiger partial charge in [0.05, 0.1) is 0 Å². The monoisotopic (exact) mass is 337 g/mol. The molecule has 1 aliphatic rings. The van der Waals surface area contributed by atoms with Crippen LogP contribution in [0.1, 0.15) is 58.8 Å². The lowest BCUT2D eigenvalue weighted by molar-refractivity contribution is -0.137. The van der Waals surface area contributed by atoms with Gasteiger partial charge in [-0.3, -0.25) is 9.59 Å². The smallest absolute Gasteiger partial charge is 0.245 e. The summed E-state index contributed by atoms with van der Waals surface area (Å²) in [5.41, 5.74) is 0. The van der Waals surface area contributed by atoms with Gasteiger partial charge in [-0.2, -0.15) is 0 Å². The standard InChI is InChI=1S/C17H27N3O2S/c1-3-13(2)20(12-15(21)19-17-18-10-11-23-17)16(22)9-8-14-6-4-5-7-14/h10-11,13-14H,3-9,12H2,1-2H3,(H,18,19,21)/t13-/m0/s1. The largest absolute Gasteiger partial charge is 0.331 e. The zero-order valence-electron chi connectivity index (χ0n) is 14.1. The zero-order chi connectivity index (χ0) is 16.7. The van der Waals surface area contributed by atoms with Crippen LogP contribution in [-0.4, -0.2) is 34.3 Å². The maximum absolute atomic E-state index is 12.6. The summed E-state index contributed by atoms with van der Waals surface area (Å²) in [6.45, 7) is 4.16. The summed E-state index contributed by atoms with van der Waals surface area (Å²) in [6, 6.07) is 0.0770. The van der Waals surface area contributed by atoms with Gasteiger partial charge < -0.3 is 10.2 Å². The van der Waals surface area contributed by atoms with E-state index in [9.17, 15) is 9.59 Å². The average molecular weight is 337 g/mol. The molecule has 2 amide bonds. The molecule has 2 rings (SSSR count). The number of aromatic nitrogens is 1. The van der Waals surface area contributed by atoms with E-state index in [2.05, 4.69) is 10.3 Å². The van der Waals surface area contributed by atoms with E-state index in [-0.39, 0.29) is 24.4 Å². The molecule has 0 saturated heterocycles. The first kappa shape index (κ1) is 17.9. The molecule has 1 aromatic heterocycles. The van der Waals surface area contributed by atoms with Crippen molar-refractivity contribution in [1.82, 2.24) is 9.88 Å². The first-order valence-electron chi connectivity index (χ1n) is 8.59. The highest BCUT2D eigenvalue weighted by Crippen LogP contribution is 2.28. The minimum atomic E-state index is -0.172. The summed E-state index contributed by atoms with van der Waals surface area (Å²) >= 11 is 1.38. The number of carbonyl (C=O) groups excluding carboxylic acids is 2. The summed E-state index contributed by atoms with van der Waals surface area (Å²) < 4.78 is 0. The molecule has 128 valence electrons. The third-order valence-corrected chi connectivity index (χ3v) is 5.37. The summed E-state index contributed by atoms with van der Waals surface area (Å²) in [4.78, 5) is 30.5. The van der Waals surface area contributed by atoms with Crippen molar-refractivity contribution < 1.29 is 9.59 Å². The molecule has 1 aromatic rings. The molecular formula is C17H27N3O2S. The van der Waals surface area contributed by atoms with Crippen LogP contribution in [0.3, 0.4) is 0 Å². The number of hydrogen-bond acceptors (Lipinski definition) is 4. The molecule has 1 atom stereocenters. The first-order valence-corrected chi connectivity index (χ1v) is 9.47. The second kappa shape index (κ2) is 9.01. The number of amides is 2. The van der Waals surface area contributed by atoms with E-state index in [1.54, 1.807) is 11.1 Å². The van der Waals surface area contributed by atoms with Gasteiger partial charge in [0.2, 0.25) is 11.8 Å². The molecule has 0 aliphatic heterocycles. The maximum atomic E-state index is 12.6. The third kappa shape index (κ3) is 5.61. The van der Waals surface area contributed by atoms with E-state index in [4.69, 9.17) is 0 Å². The molecule has 23 heavy (non-hydrogen) atoms. The number of rotatable bonds is 8. The van der Waals surface area contributed by atoms with Crippen LogP contribution in [0, 0.1) is 5.92 Å². The Labute approximate surface area is 142 Å². The molecule has 6 heteroatoms. The van der Waals surface area contributed by atoms with Crippen molar-refractivity contribution in [3.05, 3.63) is 11.6 Å². The summed E-state index contributed by atoms with van der Waals surface area (Å²) in [5.74, 6) is 0.622. The van der Waals surface area contributed by atoms with Gasteiger partial charge in [-0.15, -0.1) is 11.3 Å². The first-order chi connectivity index (χ1) is 11.1. The van der Waals surface area contributed by atoms with Crippen LogP contribution in [0.5, 0.6) is 0 Å². The van der Waals surface area contributed by atoms with E-state index in [1.807, 2.05) is 19.2 Å². The van der Waals surface area contributed by atoms with E-state index in [0.717, 1.165) is 12.8 Å². The molecule has 1 fully saturated rings. The van der Waals surface area contributed by atoms with Crippen LogP contribution in [0.15, 0.2) is 11.6 Å². The van der Waals surface area contributed by atoms with Crippen LogP contribution < -0.4 is 5.32 Å². The summed E-state index contributed by atoms with van der Waals surface area (Å²) in [6.07, 6.45) is 9.11. The molecular weight excluding hydrogens is 310 g/mol. The lowest BCUT2D eigenvalue weighted by atomic mass is 10.0. The highest BCUT2D eigenvalue weighted by atomic mass is 32.1. The molecule has 1 heterocycles. The molecule has 0 unspecified atom stereocenters. The third-order valence-electron chi connectivity index (χ3n) is 4.68. The Morgan fingerprint density at radius 2 is 2.17 bits per heavy atom. The molecule has 0 aromatic carbocycles. The number of carbonyl (C=O) groups is 2. The predicted octanol–water partition coefficient (Wildman–Crippen LogP) is 3.68. The molecule has 1 saturated carbocycles. The lowest BCUT2D eigenvalue weighted by Gasteiger charge is -2.28. The number of anilines is 1. The molecule has 0 bridgehead atoms. The fraction of sp³-hybridized carbons (Fsp3) is 0.706. The SMILES string of the molecule is CC[C@H](C)N(CC(=O)Nc1nccs1)C(=O)CCC1CCCC1. The second-order valence-electron chi connectivity index (χ2n) is 6.35. The van der Waals surface area contributed by atoms with Crippen molar-refractivity contribution >= 4 is 28.3 Å². The molecule has 5 nitrogen and oxygen atoms in total. The van der Waals surface area contributed by atoms with E-state index in [1.165, 1.54) is 37.0 Å². The number of nitrogens with one attached hydrogen (secondary N) is 1. The minimum absolute atomic E-state index is 0.0770. The Kier molecular flexibility index (Phi) is 7.02. The maximum Gasteiger partial charge on any atom is 0.245 e. The normalized spacial score (nSPS) is 16.3. The van der Waals surface area contributed by atoms with Crippen molar-refractivity contribution in [2.45, 2.75) is 64.8 Å². The van der Waals surface area contributed by atoms with Crippen molar-refractivity contribution in [3.63, 3.8) is 0 Å². The molecule has 1 aliphatic carbocycles. The second-order valence-corrected chi connectivity index (χ2v) is 7.25. The Morgan fingerprint density at radius 1 is 1.43 bits per heavy atom. The Bertz CT molecular complexity index is 498. The van der Waals surface area contributed by atoms with Crippen LogP contribution in [0.25, 0.3) is 0 Å². The lowest BCUT2D eigenvalue weighted by Crippen LogP contribution is -2.43. The predicted molar refractivity (Wildman–Crippen MR) is 93.4 cm³/mol. The topological polar surface area (TPSA) is 62.3 Å². The van der Waals surface area contributed by atoms with Gasteiger partial charge in [0.25, 0.3) is 0 Å². The van der Waals surface area contributed by atoms with Gasteiger partial charge >= 0.3 is 0 Å². The van der Waals surface area contributed by atoms with Gasteiger partial charge in [0.15, 0.2) is 5.13 Å². The van der Waals surface area contributed by atoms with Crippen molar-refractivity contribution in [2.24, 2.45) is 5.92 Å². The van der Waals surface area contributed by atoms with Gasteiger partial charge in [0.1, 0.15) is 6.54 Å². The van der Waals surface area contributed by atoms with E-state index < -0.39 is 0 Å². The molecule has 0 spiro atoms. The fourth-order valence-corrected chi connectivity index (χ4v) is 3.62. The van der Waals surface area contributed by atoms with Crippen molar-refractivity contribution in [2.75, 3.05) is 11.9 Å². The van der Waals surface area contributed by atoms with Crippen LogP contribution in [0.4, 0.5) is 5.13 Å². The molecule has 1 N–H and O–H groups in total. The highest BCUT2D eigenvalue weighted by molar-refractivity contribution is 7.13. The van der Waals surface area contributed by atoms with Gasteiger partial charge in [-0.1, -0.05) is 32.6 Å². The van der Waals surface area contributed by atoms with Gasteiger partial charge in [-0.25, -0.2) is 4.98 Å².